The lowest BCUT2D eigenvalue weighted by Gasteiger charge is -2.35. The van der Waals surface area contributed by atoms with E-state index in [4.69, 9.17) is 5.11 Å². The summed E-state index contributed by atoms with van der Waals surface area (Å²) in [5.41, 5.74) is 1.45. The van der Waals surface area contributed by atoms with Gasteiger partial charge in [-0.15, -0.1) is 0 Å². The Labute approximate surface area is 139 Å². The maximum Gasteiger partial charge on any atom is 0.303 e. The molecule has 1 atom stereocenters. The number of aliphatic carboxylic acids is 1. The number of carbonyl (C=O) groups excluding carboxylic acids is 1. The molecule has 1 N–H and O–H groups in total. The molecule has 1 aliphatic rings. The SMILES string of the molecule is O=C(O)CC[C@@H]1CCCCN1C(=O)c1ccc(-n2cncn2)cc1. The molecule has 24 heavy (non-hydrogen) atoms. The number of carbonyl (C=O) groups is 2. The second-order valence-electron chi connectivity index (χ2n) is 5.97. The predicted octanol–water partition coefficient (Wildman–Crippen LogP) is 2.13. The summed E-state index contributed by atoms with van der Waals surface area (Å²) in [6.07, 6.45) is 6.54. The van der Waals surface area contributed by atoms with Crippen molar-refractivity contribution < 1.29 is 14.7 Å². The lowest BCUT2D eigenvalue weighted by molar-refractivity contribution is -0.137. The molecule has 0 bridgehead atoms. The molecule has 1 aromatic carbocycles. The molecule has 2 heterocycles. The van der Waals surface area contributed by atoms with Crippen molar-refractivity contribution in [3.63, 3.8) is 0 Å². The molecule has 1 fully saturated rings. The van der Waals surface area contributed by atoms with E-state index in [2.05, 4.69) is 10.1 Å². The van der Waals surface area contributed by atoms with Crippen molar-refractivity contribution in [3.8, 4) is 5.69 Å². The van der Waals surface area contributed by atoms with Crippen LogP contribution in [0.2, 0.25) is 0 Å². The van der Waals surface area contributed by atoms with Gasteiger partial charge in [-0.1, -0.05) is 0 Å². The van der Waals surface area contributed by atoms with Crippen LogP contribution in [0.3, 0.4) is 0 Å². The number of aromatic nitrogens is 3. The molecular weight excluding hydrogens is 308 g/mol. The van der Waals surface area contributed by atoms with Gasteiger partial charge in [0.25, 0.3) is 5.91 Å². The molecule has 1 saturated heterocycles. The predicted molar refractivity (Wildman–Crippen MR) is 86.9 cm³/mol. The molecule has 0 radical (unpaired) electrons. The quantitative estimate of drug-likeness (QED) is 0.908. The minimum atomic E-state index is -0.815. The number of hydrogen-bond acceptors (Lipinski definition) is 4. The van der Waals surface area contributed by atoms with Gasteiger partial charge in [0.2, 0.25) is 0 Å². The number of carboxylic acid groups (broad SMARTS) is 1. The van der Waals surface area contributed by atoms with Crippen molar-refractivity contribution in [3.05, 3.63) is 42.5 Å². The monoisotopic (exact) mass is 328 g/mol. The summed E-state index contributed by atoms with van der Waals surface area (Å²) in [6, 6.07) is 7.23. The van der Waals surface area contributed by atoms with E-state index < -0.39 is 5.97 Å². The van der Waals surface area contributed by atoms with E-state index in [0.717, 1.165) is 24.9 Å². The summed E-state index contributed by atoms with van der Waals surface area (Å²) in [5, 5.41) is 12.9. The molecule has 7 nitrogen and oxygen atoms in total. The van der Waals surface area contributed by atoms with Crippen molar-refractivity contribution >= 4 is 11.9 Å². The fourth-order valence-electron chi connectivity index (χ4n) is 3.12. The van der Waals surface area contributed by atoms with E-state index in [1.54, 1.807) is 23.1 Å². The van der Waals surface area contributed by atoms with Gasteiger partial charge in [0.15, 0.2) is 0 Å². The maximum absolute atomic E-state index is 12.8. The number of nitrogens with zero attached hydrogens (tertiary/aromatic N) is 4. The zero-order chi connectivity index (χ0) is 16.9. The second-order valence-corrected chi connectivity index (χ2v) is 5.97. The summed E-state index contributed by atoms with van der Waals surface area (Å²) in [4.78, 5) is 29.4. The molecule has 1 amide bonds. The normalized spacial score (nSPS) is 17.7. The van der Waals surface area contributed by atoms with E-state index >= 15 is 0 Å². The van der Waals surface area contributed by atoms with Gasteiger partial charge in [-0.2, -0.15) is 5.10 Å². The van der Waals surface area contributed by atoms with Gasteiger partial charge in [-0.3, -0.25) is 9.59 Å². The molecule has 0 spiro atoms. The third-order valence-corrected chi connectivity index (χ3v) is 4.38. The molecule has 0 saturated carbocycles. The fraction of sp³-hybridized carbons (Fsp3) is 0.412. The number of amides is 1. The Kier molecular flexibility index (Phi) is 4.88. The molecule has 0 unspecified atom stereocenters. The Morgan fingerprint density at radius 3 is 2.67 bits per heavy atom. The van der Waals surface area contributed by atoms with Gasteiger partial charge in [-0.25, -0.2) is 9.67 Å². The van der Waals surface area contributed by atoms with Crippen LogP contribution >= 0.6 is 0 Å². The van der Waals surface area contributed by atoms with Crippen molar-refractivity contribution in [2.75, 3.05) is 6.54 Å². The summed E-state index contributed by atoms with van der Waals surface area (Å²) >= 11 is 0. The molecule has 126 valence electrons. The molecule has 3 rings (SSSR count). The molecule has 1 aliphatic heterocycles. The van der Waals surface area contributed by atoms with Gasteiger partial charge in [0.05, 0.1) is 5.69 Å². The number of likely N-dealkylation sites (tertiary alicyclic amines) is 1. The van der Waals surface area contributed by atoms with Crippen LogP contribution in [0.25, 0.3) is 5.69 Å². The highest BCUT2D eigenvalue weighted by Crippen LogP contribution is 2.23. The summed E-state index contributed by atoms with van der Waals surface area (Å²) in [6.45, 7) is 0.688. The van der Waals surface area contributed by atoms with Crippen LogP contribution in [0.15, 0.2) is 36.9 Å². The summed E-state index contributed by atoms with van der Waals surface area (Å²) in [7, 11) is 0. The third kappa shape index (κ3) is 3.61. The molecular formula is C17H20N4O3. The zero-order valence-corrected chi connectivity index (χ0v) is 13.3. The maximum atomic E-state index is 12.8. The first-order valence-corrected chi connectivity index (χ1v) is 8.13. The summed E-state index contributed by atoms with van der Waals surface area (Å²) < 4.78 is 1.63. The molecule has 1 aromatic heterocycles. The van der Waals surface area contributed by atoms with Crippen molar-refractivity contribution in [2.45, 2.75) is 38.1 Å². The number of benzene rings is 1. The van der Waals surface area contributed by atoms with Gasteiger partial charge in [0.1, 0.15) is 12.7 Å². The number of piperidine rings is 1. The van der Waals surface area contributed by atoms with E-state index in [1.165, 1.54) is 6.33 Å². The van der Waals surface area contributed by atoms with Crippen molar-refractivity contribution in [1.29, 1.82) is 0 Å². The number of hydrogen-bond donors (Lipinski definition) is 1. The Morgan fingerprint density at radius 1 is 1.21 bits per heavy atom. The first-order chi connectivity index (χ1) is 11.6. The average Bonchev–Trinajstić information content (AvgIpc) is 3.14. The van der Waals surface area contributed by atoms with Gasteiger partial charge in [-0.05, 0) is 49.9 Å². The zero-order valence-electron chi connectivity index (χ0n) is 13.3. The van der Waals surface area contributed by atoms with Crippen LogP contribution in [0, 0.1) is 0 Å². The van der Waals surface area contributed by atoms with E-state index in [-0.39, 0.29) is 18.4 Å². The lowest BCUT2D eigenvalue weighted by atomic mass is 9.97. The molecule has 2 aromatic rings. The van der Waals surface area contributed by atoms with Gasteiger partial charge in [0, 0.05) is 24.6 Å². The minimum absolute atomic E-state index is 0.0114. The Bertz CT molecular complexity index is 697. The number of carboxylic acids is 1. The third-order valence-electron chi connectivity index (χ3n) is 4.38. The first-order valence-electron chi connectivity index (χ1n) is 8.13. The van der Waals surface area contributed by atoms with Crippen LogP contribution in [0.1, 0.15) is 42.5 Å². The highest BCUT2D eigenvalue weighted by atomic mass is 16.4. The average molecular weight is 328 g/mol. The van der Waals surface area contributed by atoms with Crippen LogP contribution < -0.4 is 0 Å². The van der Waals surface area contributed by atoms with Crippen LogP contribution in [0.5, 0.6) is 0 Å². The highest BCUT2D eigenvalue weighted by Gasteiger charge is 2.27. The standard InChI is InChI=1S/C17H20N4O3/c22-16(23)9-8-14-3-1-2-10-20(14)17(24)13-4-6-15(7-5-13)21-12-18-11-19-21/h4-7,11-12,14H,1-3,8-10H2,(H,22,23)/t14-/m0/s1. The van der Waals surface area contributed by atoms with Crippen LogP contribution in [-0.2, 0) is 4.79 Å². The number of rotatable bonds is 5. The van der Waals surface area contributed by atoms with Gasteiger partial charge < -0.3 is 10.0 Å². The highest BCUT2D eigenvalue weighted by molar-refractivity contribution is 5.94. The topological polar surface area (TPSA) is 88.3 Å². The Hall–Kier alpha value is -2.70. The van der Waals surface area contributed by atoms with E-state index in [9.17, 15) is 9.59 Å². The van der Waals surface area contributed by atoms with E-state index in [0.29, 0.717) is 18.5 Å². The Balaban J connectivity index is 1.72. The van der Waals surface area contributed by atoms with Crippen molar-refractivity contribution in [1.82, 2.24) is 19.7 Å². The van der Waals surface area contributed by atoms with Crippen molar-refractivity contribution in [2.24, 2.45) is 0 Å². The summed E-state index contributed by atoms with van der Waals surface area (Å²) in [5.74, 6) is -0.847. The molecule has 7 heteroatoms. The van der Waals surface area contributed by atoms with Crippen LogP contribution in [-0.4, -0.2) is 49.2 Å². The first kappa shape index (κ1) is 16.2. The van der Waals surface area contributed by atoms with Gasteiger partial charge >= 0.3 is 5.97 Å². The Morgan fingerprint density at radius 2 is 2.00 bits per heavy atom. The smallest absolute Gasteiger partial charge is 0.303 e. The second kappa shape index (κ2) is 7.25. The molecule has 0 aliphatic carbocycles. The van der Waals surface area contributed by atoms with Crippen LogP contribution in [0.4, 0.5) is 0 Å². The fourth-order valence-corrected chi connectivity index (χ4v) is 3.12. The lowest BCUT2D eigenvalue weighted by Crippen LogP contribution is -2.43. The van der Waals surface area contributed by atoms with E-state index in [1.807, 2.05) is 17.0 Å². The minimum Gasteiger partial charge on any atom is -0.481 e. The largest absolute Gasteiger partial charge is 0.481 e.